The predicted molar refractivity (Wildman–Crippen MR) is 147 cm³/mol. The van der Waals surface area contributed by atoms with Crippen molar-refractivity contribution in [3.8, 4) is 0 Å². The zero-order valence-electron chi connectivity index (χ0n) is 22.7. The van der Waals surface area contributed by atoms with Crippen LogP contribution in [-0.4, -0.2) is 64.9 Å². The second-order valence-corrected chi connectivity index (χ2v) is 11.7. The number of nitrogens with one attached hydrogen (secondary N) is 3. The summed E-state index contributed by atoms with van der Waals surface area (Å²) >= 11 is 0. The SMILES string of the molecule is CC(C)(C)C(=O)NN1CCNC[C@@H]1CC(O)CC(Cc1ccccc1)C(=O)N[C@H]1c2ccccc2C[C@@H]1O. The van der Waals surface area contributed by atoms with Crippen molar-refractivity contribution in [2.45, 2.75) is 70.7 Å². The number of piperazine rings is 1. The standard InChI is InChI=1S/C30H42N4O4/c1-30(2,3)29(38)33-34-14-13-31-19-23(34)18-24(35)16-22(15-20-9-5-4-6-10-20)28(37)32-27-25-12-8-7-11-21(25)17-26(27)36/h4-12,22-24,26-27,31,35-36H,13-19H2,1-3H3,(H,32,37)(H,33,38)/t22?,23-,24?,26-,27-/m0/s1. The van der Waals surface area contributed by atoms with Crippen LogP contribution in [0.4, 0.5) is 0 Å². The van der Waals surface area contributed by atoms with Crippen LogP contribution in [-0.2, 0) is 22.4 Å². The van der Waals surface area contributed by atoms with Crippen LogP contribution in [0.15, 0.2) is 54.6 Å². The van der Waals surface area contributed by atoms with E-state index in [0.717, 1.165) is 23.2 Å². The number of aliphatic hydroxyl groups excluding tert-OH is 2. The molecule has 5 atom stereocenters. The first-order valence-corrected chi connectivity index (χ1v) is 13.7. The van der Waals surface area contributed by atoms with Crippen LogP contribution in [0.25, 0.3) is 0 Å². The summed E-state index contributed by atoms with van der Waals surface area (Å²) in [6, 6.07) is 17.1. The lowest BCUT2D eigenvalue weighted by molar-refractivity contribution is -0.135. The van der Waals surface area contributed by atoms with Crippen LogP contribution in [0.3, 0.4) is 0 Å². The number of hydrogen-bond donors (Lipinski definition) is 5. The lowest BCUT2D eigenvalue weighted by Crippen LogP contribution is -2.60. The monoisotopic (exact) mass is 522 g/mol. The van der Waals surface area contributed by atoms with E-state index < -0.39 is 29.6 Å². The molecule has 1 fully saturated rings. The van der Waals surface area contributed by atoms with Crippen LogP contribution in [0.5, 0.6) is 0 Å². The predicted octanol–water partition coefficient (Wildman–Crippen LogP) is 2.11. The molecule has 2 aromatic rings. The molecule has 206 valence electrons. The Bertz CT molecular complexity index is 1090. The molecule has 2 unspecified atom stereocenters. The van der Waals surface area contributed by atoms with Gasteiger partial charge in [-0.05, 0) is 36.0 Å². The van der Waals surface area contributed by atoms with Crippen LogP contribution < -0.4 is 16.1 Å². The van der Waals surface area contributed by atoms with Crippen molar-refractivity contribution in [1.29, 1.82) is 0 Å². The maximum Gasteiger partial charge on any atom is 0.239 e. The van der Waals surface area contributed by atoms with E-state index in [2.05, 4.69) is 16.1 Å². The van der Waals surface area contributed by atoms with Gasteiger partial charge >= 0.3 is 0 Å². The van der Waals surface area contributed by atoms with Crippen molar-refractivity contribution in [1.82, 2.24) is 21.1 Å². The molecule has 0 radical (unpaired) electrons. The number of aliphatic hydroxyl groups is 2. The van der Waals surface area contributed by atoms with Gasteiger partial charge in [-0.3, -0.25) is 15.0 Å². The molecular formula is C30H42N4O4. The number of carbonyl (C=O) groups excluding carboxylic acids is 2. The van der Waals surface area contributed by atoms with Gasteiger partial charge in [0.1, 0.15) is 0 Å². The summed E-state index contributed by atoms with van der Waals surface area (Å²) in [6.07, 6.45) is 0.286. The van der Waals surface area contributed by atoms with E-state index in [-0.39, 0.29) is 24.3 Å². The van der Waals surface area contributed by atoms with Crippen molar-refractivity contribution in [2.75, 3.05) is 19.6 Å². The van der Waals surface area contributed by atoms with Gasteiger partial charge in [0.25, 0.3) is 0 Å². The fourth-order valence-corrected chi connectivity index (χ4v) is 5.36. The van der Waals surface area contributed by atoms with Crippen molar-refractivity contribution >= 4 is 11.8 Å². The van der Waals surface area contributed by atoms with Crippen molar-refractivity contribution in [3.63, 3.8) is 0 Å². The Morgan fingerprint density at radius 2 is 1.82 bits per heavy atom. The lowest BCUT2D eigenvalue weighted by Gasteiger charge is -2.38. The Balaban J connectivity index is 1.44. The Morgan fingerprint density at radius 3 is 2.55 bits per heavy atom. The normalized spacial score (nSPS) is 23.3. The summed E-state index contributed by atoms with van der Waals surface area (Å²) in [7, 11) is 0. The van der Waals surface area contributed by atoms with Crippen molar-refractivity contribution < 1.29 is 19.8 Å². The highest BCUT2D eigenvalue weighted by molar-refractivity contribution is 5.81. The third kappa shape index (κ3) is 7.20. The average Bonchev–Trinajstić information content (AvgIpc) is 3.19. The Morgan fingerprint density at radius 1 is 1.11 bits per heavy atom. The first-order valence-electron chi connectivity index (χ1n) is 13.7. The number of amides is 2. The van der Waals surface area contributed by atoms with Crippen molar-refractivity contribution in [2.24, 2.45) is 11.3 Å². The summed E-state index contributed by atoms with van der Waals surface area (Å²) in [5.41, 5.74) is 5.53. The minimum absolute atomic E-state index is 0.0596. The van der Waals surface area contributed by atoms with E-state index in [1.54, 1.807) is 0 Å². The highest BCUT2D eigenvalue weighted by Crippen LogP contribution is 2.32. The van der Waals surface area contributed by atoms with Gasteiger partial charge in [-0.25, -0.2) is 5.01 Å². The number of carbonyl (C=O) groups is 2. The summed E-state index contributed by atoms with van der Waals surface area (Å²) in [6.45, 7) is 7.66. The summed E-state index contributed by atoms with van der Waals surface area (Å²) in [5, 5.41) is 30.2. The van der Waals surface area contributed by atoms with Gasteiger partial charge in [-0.1, -0.05) is 75.4 Å². The van der Waals surface area contributed by atoms with Crippen LogP contribution >= 0.6 is 0 Å². The average molecular weight is 523 g/mol. The maximum atomic E-state index is 13.6. The third-order valence-electron chi connectivity index (χ3n) is 7.57. The third-order valence-corrected chi connectivity index (χ3v) is 7.57. The molecular weight excluding hydrogens is 480 g/mol. The van der Waals surface area contributed by atoms with Crippen LogP contribution in [0.2, 0.25) is 0 Å². The molecule has 8 nitrogen and oxygen atoms in total. The summed E-state index contributed by atoms with van der Waals surface area (Å²) in [4.78, 5) is 26.2. The molecule has 8 heteroatoms. The molecule has 2 aliphatic rings. The van der Waals surface area contributed by atoms with Gasteiger partial charge in [0.2, 0.25) is 11.8 Å². The summed E-state index contributed by atoms with van der Waals surface area (Å²) in [5.74, 6) is -0.703. The maximum absolute atomic E-state index is 13.6. The minimum atomic E-state index is -0.741. The molecule has 0 aromatic heterocycles. The first kappa shape index (κ1) is 28.2. The Hall–Kier alpha value is -2.78. The van der Waals surface area contributed by atoms with Gasteiger partial charge in [-0.2, -0.15) is 0 Å². The molecule has 1 saturated heterocycles. The minimum Gasteiger partial charge on any atom is -0.393 e. The van der Waals surface area contributed by atoms with Crippen LogP contribution in [0.1, 0.15) is 56.3 Å². The van der Waals surface area contributed by atoms with E-state index in [1.165, 1.54) is 0 Å². The molecule has 1 aliphatic heterocycles. The second-order valence-electron chi connectivity index (χ2n) is 11.7. The van der Waals surface area contributed by atoms with E-state index in [4.69, 9.17) is 0 Å². The lowest BCUT2D eigenvalue weighted by atomic mass is 9.90. The Labute approximate surface area is 225 Å². The van der Waals surface area contributed by atoms with Gasteiger partial charge < -0.3 is 20.8 Å². The number of fused-ring (bicyclic) bond motifs is 1. The second kappa shape index (κ2) is 12.4. The van der Waals surface area contributed by atoms with E-state index in [1.807, 2.05) is 80.4 Å². The zero-order valence-corrected chi connectivity index (χ0v) is 22.7. The number of hydrogen-bond acceptors (Lipinski definition) is 6. The fourth-order valence-electron chi connectivity index (χ4n) is 5.36. The molecule has 5 N–H and O–H groups in total. The molecule has 4 rings (SSSR count). The molecule has 1 aliphatic carbocycles. The van der Waals surface area contributed by atoms with Gasteiger partial charge in [-0.15, -0.1) is 0 Å². The van der Waals surface area contributed by atoms with Crippen molar-refractivity contribution in [3.05, 3.63) is 71.3 Å². The largest absolute Gasteiger partial charge is 0.393 e. The fraction of sp³-hybridized carbons (Fsp3) is 0.533. The highest BCUT2D eigenvalue weighted by Gasteiger charge is 2.35. The molecule has 38 heavy (non-hydrogen) atoms. The molecule has 2 aromatic carbocycles. The first-order chi connectivity index (χ1) is 18.1. The van der Waals surface area contributed by atoms with E-state index in [0.29, 0.717) is 32.4 Å². The highest BCUT2D eigenvalue weighted by atomic mass is 16.3. The number of hydrazine groups is 1. The topological polar surface area (TPSA) is 114 Å². The quantitative estimate of drug-likeness (QED) is 0.345. The molecule has 0 saturated carbocycles. The summed E-state index contributed by atoms with van der Waals surface area (Å²) < 4.78 is 0. The molecule has 0 spiro atoms. The molecule has 2 amide bonds. The molecule has 0 bridgehead atoms. The molecule has 1 heterocycles. The van der Waals surface area contributed by atoms with Crippen LogP contribution in [0, 0.1) is 11.3 Å². The van der Waals surface area contributed by atoms with Gasteiger partial charge in [0.05, 0.1) is 18.2 Å². The zero-order chi connectivity index (χ0) is 27.3. The van der Waals surface area contributed by atoms with E-state index in [9.17, 15) is 19.8 Å². The number of benzene rings is 2. The van der Waals surface area contributed by atoms with E-state index >= 15 is 0 Å². The smallest absolute Gasteiger partial charge is 0.239 e. The number of nitrogens with zero attached hydrogens (tertiary/aromatic N) is 1. The van der Waals surface area contributed by atoms with Gasteiger partial charge in [0.15, 0.2) is 0 Å². The van der Waals surface area contributed by atoms with Gasteiger partial charge in [0, 0.05) is 43.4 Å². The number of rotatable bonds is 9. The Kier molecular flexibility index (Phi) is 9.20.